The first-order chi connectivity index (χ1) is 9.72. The molecule has 0 fully saturated rings. The van der Waals surface area contributed by atoms with Gasteiger partial charge in [0.2, 0.25) is 5.95 Å². The van der Waals surface area contributed by atoms with Crippen LogP contribution in [0.4, 0.5) is 5.95 Å². The standard InChI is InChI=1S/C14H15N3O2S/c1-3-19-13(18)10-6-8-4-5-9-7-16-14(15-2)17-11(9)12(8)20-10/h6-7H,3-5H2,1-2H3,(H,15,16,17). The first-order valence-corrected chi connectivity index (χ1v) is 7.38. The Bertz CT molecular complexity index is 666. The molecule has 6 heteroatoms. The van der Waals surface area contributed by atoms with Gasteiger partial charge in [0, 0.05) is 13.2 Å². The molecule has 0 unspecified atom stereocenters. The van der Waals surface area contributed by atoms with E-state index in [2.05, 4.69) is 15.3 Å². The van der Waals surface area contributed by atoms with Gasteiger partial charge >= 0.3 is 5.97 Å². The van der Waals surface area contributed by atoms with Crippen LogP contribution in [0.25, 0.3) is 10.6 Å². The van der Waals surface area contributed by atoms with Gasteiger partial charge in [-0.2, -0.15) is 0 Å². The zero-order valence-corrected chi connectivity index (χ0v) is 12.2. The van der Waals surface area contributed by atoms with Crippen LogP contribution in [0.5, 0.6) is 0 Å². The molecule has 0 saturated carbocycles. The van der Waals surface area contributed by atoms with E-state index in [1.54, 1.807) is 7.05 Å². The fraction of sp³-hybridized carbons (Fsp3) is 0.357. The molecule has 1 N–H and O–H groups in total. The monoisotopic (exact) mass is 289 g/mol. The number of esters is 1. The summed E-state index contributed by atoms with van der Waals surface area (Å²) >= 11 is 1.45. The van der Waals surface area contributed by atoms with Gasteiger partial charge in [-0.1, -0.05) is 0 Å². The highest BCUT2D eigenvalue weighted by Gasteiger charge is 2.23. The minimum atomic E-state index is -0.253. The third-order valence-electron chi connectivity index (χ3n) is 3.25. The minimum absolute atomic E-state index is 0.253. The van der Waals surface area contributed by atoms with E-state index in [0.717, 1.165) is 29.0 Å². The topological polar surface area (TPSA) is 64.1 Å². The summed E-state index contributed by atoms with van der Waals surface area (Å²) in [5.74, 6) is 0.346. The van der Waals surface area contributed by atoms with Gasteiger partial charge in [-0.15, -0.1) is 11.3 Å². The van der Waals surface area contributed by atoms with E-state index < -0.39 is 0 Å². The molecule has 2 aromatic rings. The Morgan fingerprint density at radius 2 is 2.25 bits per heavy atom. The van der Waals surface area contributed by atoms with Crippen LogP contribution >= 0.6 is 11.3 Å². The van der Waals surface area contributed by atoms with E-state index in [9.17, 15) is 4.79 Å². The predicted octanol–water partition coefficient (Wildman–Crippen LogP) is 2.52. The number of anilines is 1. The highest BCUT2D eigenvalue weighted by molar-refractivity contribution is 7.17. The second kappa shape index (κ2) is 5.20. The third-order valence-corrected chi connectivity index (χ3v) is 4.42. The van der Waals surface area contributed by atoms with E-state index >= 15 is 0 Å². The van der Waals surface area contributed by atoms with Crippen molar-refractivity contribution in [1.82, 2.24) is 9.97 Å². The summed E-state index contributed by atoms with van der Waals surface area (Å²) in [6.45, 7) is 2.21. The summed E-state index contributed by atoms with van der Waals surface area (Å²) in [6.07, 6.45) is 3.69. The lowest BCUT2D eigenvalue weighted by molar-refractivity contribution is 0.0532. The van der Waals surface area contributed by atoms with Crippen molar-refractivity contribution in [2.45, 2.75) is 19.8 Å². The average molecular weight is 289 g/mol. The van der Waals surface area contributed by atoms with Gasteiger partial charge in [0.05, 0.1) is 17.2 Å². The van der Waals surface area contributed by atoms with Gasteiger partial charge in [-0.05, 0) is 37.0 Å². The van der Waals surface area contributed by atoms with E-state index in [1.165, 1.54) is 16.9 Å². The summed E-state index contributed by atoms with van der Waals surface area (Å²) in [6, 6.07) is 1.93. The number of rotatable bonds is 3. The molecule has 104 valence electrons. The molecule has 2 heterocycles. The Balaban J connectivity index is 2.04. The molecule has 2 aromatic heterocycles. The van der Waals surface area contributed by atoms with Gasteiger partial charge in [-0.3, -0.25) is 0 Å². The second-order valence-electron chi connectivity index (χ2n) is 4.50. The van der Waals surface area contributed by atoms with Crippen molar-refractivity contribution in [2.75, 3.05) is 19.0 Å². The molecule has 0 saturated heterocycles. The minimum Gasteiger partial charge on any atom is -0.462 e. The number of hydrogen-bond acceptors (Lipinski definition) is 6. The summed E-state index contributed by atoms with van der Waals surface area (Å²) in [5, 5.41) is 2.95. The molecule has 0 bridgehead atoms. The smallest absolute Gasteiger partial charge is 0.348 e. The van der Waals surface area contributed by atoms with Crippen molar-refractivity contribution in [3.8, 4) is 10.6 Å². The normalized spacial score (nSPS) is 12.5. The lowest BCUT2D eigenvalue weighted by atomic mass is 9.96. The summed E-state index contributed by atoms with van der Waals surface area (Å²) in [5.41, 5.74) is 3.24. The van der Waals surface area contributed by atoms with Crippen molar-refractivity contribution in [3.05, 3.63) is 28.3 Å². The maximum absolute atomic E-state index is 11.8. The predicted molar refractivity (Wildman–Crippen MR) is 78.3 cm³/mol. The number of ether oxygens (including phenoxy) is 1. The van der Waals surface area contributed by atoms with Crippen LogP contribution in [0.15, 0.2) is 12.3 Å². The van der Waals surface area contributed by atoms with Crippen LogP contribution in [0.1, 0.15) is 27.7 Å². The summed E-state index contributed by atoms with van der Waals surface area (Å²) in [7, 11) is 1.80. The molecule has 0 spiro atoms. The Hall–Kier alpha value is -1.95. The number of nitrogens with zero attached hydrogens (tertiary/aromatic N) is 2. The van der Waals surface area contributed by atoms with Gasteiger partial charge in [0.1, 0.15) is 4.88 Å². The van der Waals surface area contributed by atoms with Crippen LogP contribution in [0, 0.1) is 0 Å². The molecular formula is C14H15N3O2S. The lowest BCUT2D eigenvalue weighted by Gasteiger charge is -2.15. The van der Waals surface area contributed by atoms with Gasteiger partial charge in [0.15, 0.2) is 0 Å². The molecule has 0 aliphatic heterocycles. The second-order valence-corrected chi connectivity index (χ2v) is 5.56. The van der Waals surface area contributed by atoms with Crippen LogP contribution < -0.4 is 5.32 Å². The molecule has 1 aliphatic rings. The van der Waals surface area contributed by atoms with Gasteiger partial charge in [-0.25, -0.2) is 14.8 Å². The molecule has 5 nitrogen and oxygen atoms in total. The van der Waals surface area contributed by atoms with Crippen LogP contribution in [-0.4, -0.2) is 29.6 Å². The molecule has 0 amide bonds. The SMILES string of the molecule is CCOC(=O)c1cc2c(s1)-c1nc(NC)ncc1CC2. The number of nitrogens with one attached hydrogen (secondary N) is 1. The van der Waals surface area contributed by atoms with Gasteiger partial charge in [0.25, 0.3) is 0 Å². The van der Waals surface area contributed by atoms with E-state index in [-0.39, 0.29) is 5.97 Å². The Morgan fingerprint density at radius 3 is 3.00 bits per heavy atom. The Morgan fingerprint density at radius 1 is 1.45 bits per heavy atom. The number of aromatic nitrogens is 2. The van der Waals surface area contributed by atoms with E-state index in [1.807, 2.05) is 19.2 Å². The number of carbonyl (C=O) groups excluding carboxylic acids is 1. The molecule has 1 aliphatic carbocycles. The van der Waals surface area contributed by atoms with Crippen molar-refractivity contribution < 1.29 is 9.53 Å². The number of fused-ring (bicyclic) bond motifs is 3. The third kappa shape index (κ3) is 2.16. The zero-order valence-electron chi connectivity index (χ0n) is 11.4. The first-order valence-electron chi connectivity index (χ1n) is 6.56. The molecule has 3 rings (SSSR count). The van der Waals surface area contributed by atoms with Crippen LogP contribution in [0.2, 0.25) is 0 Å². The van der Waals surface area contributed by atoms with Crippen LogP contribution in [-0.2, 0) is 17.6 Å². The maximum atomic E-state index is 11.8. The molecule has 0 aromatic carbocycles. The fourth-order valence-corrected chi connectivity index (χ4v) is 3.42. The Labute approximate surface area is 121 Å². The number of thiophene rings is 1. The molecule has 0 atom stereocenters. The molecule has 20 heavy (non-hydrogen) atoms. The fourth-order valence-electron chi connectivity index (χ4n) is 2.29. The highest BCUT2D eigenvalue weighted by atomic mass is 32.1. The van der Waals surface area contributed by atoms with Gasteiger partial charge < -0.3 is 10.1 Å². The first kappa shape index (κ1) is 13.1. The summed E-state index contributed by atoms with van der Waals surface area (Å²) < 4.78 is 5.06. The van der Waals surface area contributed by atoms with Crippen molar-refractivity contribution in [3.63, 3.8) is 0 Å². The lowest BCUT2D eigenvalue weighted by Crippen LogP contribution is -2.06. The number of carbonyl (C=O) groups is 1. The summed E-state index contributed by atoms with van der Waals surface area (Å²) in [4.78, 5) is 22.3. The number of hydrogen-bond donors (Lipinski definition) is 1. The average Bonchev–Trinajstić information content (AvgIpc) is 2.91. The van der Waals surface area contributed by atoms with Crippen LogP contribution in [0.3, 0.4) is 0 Å². The molecular weight excluding hydrogens is 274 g/mol. The maximum Gasteiger partial charge on any atom is 0.348 e. The van der Waals surface area contributed by atoms with Crippen molar-refractivity contribution in [2.24, 2.45) is 0 Å². The highest BCUT2D eigenvalue weighted by Crippen LogP contribution is 2.38. The molecule has 0 radical (unpaired) electrons. The largest absolute Gasteiger partial charge is 0.462 e. The zero-order chi connectivity index (χ0) is 14.1. The van der Waals surface area contributed by atoms with Crippen molar-refractivity contribution in [1.29, 1.82) is 0 Å². The Kier molecular flexibility index (Phi) is 3.40. The van der Waals surface area contributed by atoms with E-state index in [4.69, 9.17) is 4.74 Å². The van der Waals surface area contributed by atoms with Crippen molar-refractivity contribution >= 4 is 23.3 Å². The number of aryl methyl sites for hydroxylation is 2. The van der Waals surface area contributed by atoms with E-state index in [0.29, 0.717) is 17.4 Å². The quantitative estimate of drug-likeness (QED) is 0.880.